The van der Waals surface area contributed by atoms with Gasteiger partial charge in [0.15, 0.2) is 12.4 Å². The third-order valence-corrected chi connectivity index (χ3v) is 5.02. The molecular formula is C26H23ClN2O4. The molecule has 7 heteroatoms. The highest BCUT2D eigenvalue weighted by molar-refractivity contribution is 6.34. The zero-order valence-corrected chi connectivity index (χ0v) is 19.0. The monoisotopic (exact) mass is 462 g/mol. The molecule has 0 aliphatic carbocycles. The van der Waals surface area contributed by atoms with Crippen molar-refractivity contribution in [3.8, 4) is 5.75 Å². The van der Waals surface area contributed by atoms with Crippen LogP contribution in [0.3, 0.4) is 0 Å². The lowest BCUT2D eigenvalue weighted by atomic mass is 10.1. The van der Waals surface area contributed by atoms with Crippen LogP contribution in [0.25, 0.3) is 6.08 Å². The molecule has 33 heavy (non-hydrogen) atoms. The third kappa shape index (κ3) is 6.79. The largest absolute Gasteiger partial charge is 0.484 e. The van der Waals surface area contributed by atoms with Crippen LogP contribution in [0, 0.1) is 0 Å². The fourth-order valence-corrected chi connectivity index (χ4v) is 3.04. The lowest BCUT2D eigenvalue weighted by Gasteiger charge is -2.11. The van der Waals surface area contributed by atoms with Gasteiger partial charge in [-0.05, 0) is 60.2 Å². The van der Waals surface area contributed by atoms with Crippen molar-refractivity contribution >= 4 is 41.0 Å². The van der Waals surface area contributed by atoms with E-state index >= 15 is 0 Å². The Bertz CT molecular complexity index is 1190. The van der Waals surface area contributed by atoms with Crippen molar-refractivity contribution in [1.82, 2.24) is 4.90 Å². The van der Waals surface area contributed by atoms with Gasteiger partial charge in [0, 0.05) is 25.3 Å². The average molecular weight is 463 g/mol. The normalized spacial score (nSPS) is 10.6. The fraction of sp³-hybridized carbons (Fsp3) is 0.115. The van der Waals surface area contributed by atoms with Gasteiger partial charge in [-0.2, -0.15) is 0 Å². The molecular weight excluding hydrogens is 440 g/mol. The predicted octanol–water partition coefficient (Wildman–Crippen LogP) is 4.96. The minimum atomic E-state index is -0.313. The number of amides is 2. The second-order valence-electron chi connectivity index (χ2n) is 7.36. The summed E-state index contributed by atoms with van der Waals surface area (Å²) in [6.07, 6.45) is 3.13. The maximum atomic E-state index is 12.5. The molecule has 3 aromatic rings. The standard InChI is InChI=1S/C26H23ClN2O4/c1-29(2)25(31)17-33-21-13-11-19(12-14-21)24(30)15-10-18-6-5-7-20(16-18)28-26(32)22-8-3-4-9-23(22)27/h3-16H,17H2,1-2H3,(H,28,32)/b15-10+. The topological polar surface area (TPSA) is 75.7 Å². The van der Waals surface area contributed by atoms with Gasteiger partial charge < -0.3 is 15.0 Å². The summed E-state index contributed by atoms with van der Waals surface area (Å²) in [6.45, 7) is -0.0659. The first-order valence-electron chi connectivity index (χ1n) is 10.1. The van der Waals surface area contributed by atoms with Gasteiger partial charge in [0.2, 0.25) is 0 Å². The maximum Gasteiger partial charge on any atom is 0.259 e. The molecule has 0 radical (unpaired) electrons. The molecule has 3 aromatic carbocycles. The second kappa shape index (κ2) is 11.1. The Balaban J connectivity index is 1.61. The van der Waals surface area contributed by atoms with Gasteiger partial charge in [-0.1, -0.05) is 41.9 Å². The highest BCUT2D eigenvalue weighted by atomic mass is 35.5. The van der Waals surface area contributed by atoms with Gasteiger partial charge in [-0.3, -0.25) is 14.4 Å². The second-order valence-corrected chi connectivity index (χ2v) is 7.77. The number of carbonyl (C=O) groups is 3. The van der Waals surface area contributed by atoms with Crippen molar-refractivity contribution in [1.29, 1.82) is 0 Å². The van der Waals surface area contributed by atoms with Crippen molar-refractivity contribution in [2.45, 2.75) is 0 Å². The first kappa shape index (κ1) is 23.8. The molecule has 0 aromatic heterocycles. The lowest BCUT2D eigenvalue weighted by molar-refractivity contribution is -0.130. The van der Waals surface area contributed by atoms with Crippen molar-refractivity contribution < 1.29 is 19.1 Å². The Morgan fingerprint density at radius 2 is 1.70 bits per heavy atom. The van der Waals surface area contributed by atoms with E-state index in [0.29, 0.717) is 27.6 Å². The molecule has 0 spiro atoms. The first-order valence-corrected chi connectivity index (χ1v) is 10.5. The first-order chi connectivity index (χ1) is 15.8. The molecule has 168 valence electrons. The Hall–Kier alpha value is -3.90. The van der Waals surface area contributed by atoms with Crippen LogP contribution in [0.4, 0.5) is 5.69 Å². The van der Waals surface area contributed by atoms with Crippen LogP contribution in [-0.4, -0.2) is 43.2 Å². The number of anilines is 1. The van der Waals surface area contributed by atoms with E-state index in [1.54, 1.807) is 86.9 Å². The molecule has 2 amide bonds. The van der Waals surface area contributed by atoms with E-state index in [9.17, 15) is 14.4 Å². The lowest BCUT2D eigenvalue weighted by Crippen LogP contribution is -2.27. The Labute approximate surface area is 197 Å². The summed E-state index contributed by atoms with van der Waals surface area (Å²) in [5.74, 6) is -0.139. The van der Waals surface area contributed by atoms with E-state index in [1.807, 2.05) is 6.07 Å². The minimum Gasteiger partial charge on any atom is -0.484 e. The van der Waals surface area contributed by atoms with E-state index in [2.05, 4.69) is 5.32 Å². The zero-order valence-electron chi connectivity index (χ0n) is 18.2. The number of rotatable bonds is 8. The predicted molar refractivity (Wildman–Crippen MR) is 130 cm³/mol. The molecule has 3 rings (SSSR count). The van der Waals surface area contributed by atoms with E-state index in [1.165, 1.54) is 11.0 Å². The number of benzene rings is 3. The quantitative estimate of drug-likeness (QED) is 0.379. The van der Waals surface area contributed by atoms with Gasteiger partial charge in [0.05, 0.1) is 10.6 Å². The van der Waals surface area contributed by atoms with E-state index in [0.717, 1.165) is 5.56 Å². The van der Waals surface area contributed by atoms with Crippen LogP contribution in [-0.2, 0) is 4.79 Å². The van der Waals surface area contributed by atoms with Crippen molar-refractivity contribution in [2.24, 2.45) is 0 Å². The van der Waals surface area contributed by atoms with Crippen molar-refractivity contribution in [2.75, 3.05) is 26.0 Å². The molecule has 1 N–H and O–H groups in total. The SMILES string of the molecule is CN(C)C(=O)COc1ccc(C(=O)/C=C/c2cccc(NC(=O)c3ccccc3Cl)c2)cc1. The summed E-state index contributed by atoms with van der Waals surface area (Å²) in [5.41, 5.74) is 2.21. The number of halogens is 1. The molecule has 0 heterocycles. The van der Waals surface area contributed by atoms with Crippen LogP contribution < -0.4 is 10.1 Å². The molecule has 6 nitrogen and oxygen atoms in total. The molecule has 0 saturated carbocycles. The summed E-state index contributed by atoms with van der Waals surface area (Å²) < 4.78 is 5.41. The molecule has 0 aliphatic rings. The van der Waals surface area contributed by atoms with Gasteiger partial charge in [0.1, 0.15) is 5.75 Å². The third-order valence-electron chi connectivity index (χ3n) is 4.69. The molecule has 0 atom stereocenters. The van der Waals surface area contributed by atoms with Gasteiger partial charge in [-0.25, -0.2) is 0 Å². The number of nitrogens with zero attached hydrogens (tertiary/aromatic N) is 1. The van der Waals surface area contributed by atoms with Crippen molar-refractivity contribution in [3.05, 3.63) is 101 Å². The van der Waals surface area contributed by atoms with Crippen molar-refractivity contribution in [3.63, 3.8) is 0 Å². The number of nitrogens with one attached hydrogen (secondary N) is 1. The maximum absolute atomic E-state index is 12.5. The number of hydrogen-bond donors (Lipinski definition) is 1. The van der Waals surface area contributed by atoms with Crippen LogP contribution in [0.5, 0.6) is 5.75 Å². The van der Waals surface area contributed by atoms with Crippen LogP contribution in [0.1, 0.15) is 26.3 Å². The molecule has 0 fully saturated rings. The molecule has 0 saturated heterocycles. The molecule has 0 bridgehead atoms. The fourth-order valence-electron chi connectivity index (χ4n) is 2.82. The summed E-state index contributed by atoms with van der Waals surface area (Å²) in [7, 11) is 3.31. The van der Waals surface area contributed by atoms with E-state index in [4.69, 9.17) is 16.3 Å². The number of allylic oxidation sites excluding steroid dienone is 1. The van der Waals surface area contributed by atoms with E-state index in [-0.39, 0.29) is 24.2 Å². The number of ketones is 1. The number of hydrogen-bond acceptors (Lipinski definition) is 4. The van der Waals surface area contributed by atoms with E-state index < -0.39 is 0 Å². The van der Waals surface area contributed by atoms with Crippen LogP contribution in [0.2, 0.25) is 5.02 Å². The summed E-state index contributed by atoms with van der Waals surface area (Å²) in [5, 5.41) is 3.18. The Morgan fingerprint density at radius 1 is 0.970 bits per heavy atom. The Morgan fingerprint density at radius 3 is 2.39 bits per heavy atom. The minimum absolute atomic E-state index is 0.0659. The average Bonchev–Trinajstić information content (AvgIpc) is 2.81. The number of likely N-dealkylation sites (N-methyl/N-ethyl adjacent to an activating group) is 1. The smallest absolute Gasteiger partial charge is 0.259 e. The van der Waals surface area contributed by atoms with Gasteiger partial charge >= 0.3 is 0 Å². The highest BCUT2D eigenvalue weighted by Crippen LogP contribution is 2.19. The van der Waals surface area contributed by atoms with Crippen LogP contribution in [0.15, 0.2) is 78.9 Å². The summed E-state index contributed by atoms with van der Waals surface area (Å²) >= 11 is 6.08. The Kier molecular flexibility index (Phi) is 8.00. The molecule has 0 unspecified atom stereocenters. The van der Waals surface area contributed by atoms with Gasteiger partial charge in [0.25, 0.3) is 11.8 Å². The summed E-state index contributed by atoms with van der Waals surface area (Å²) in [4.78, 5) is 38.0. The highest BCUT2D eigenvalue weighted by Gasteiger charge is 2.10. The van der Waals surface area contributed by atoms with Crippen LogP contribution >= 0.6 is 11.6 Å². The molecule has 0 aliphatic heterocycles. The summed E-state index contributed by atoms with van der Waals surface area (Å²) in [6, 6.07) is 20.5. The number of ether oxygens (including phenoxy) is 1. The van der Waals surface area contributed by atoms with Gasteiger partial charge in [-0.15, -0.1) is 0 Å². The number of carbonyl (C=O) groups excluding carboxylic acids is 3. The zero-order chi connectivity index (χ0) is 23.8.